The van der Waals surface area contributed by atoms with Crippen molar-refractivity contribution < 1.29 is 13.5 Å². The minimum Gasteiger partial charge on any atom is -0.354 e. The molecule has 0 aliphatic carbocycles. The lowest BCUT2D eigenvalue weighted by Crippen LogP contribution is -2.28. The zero-order valence-corrected chi connectivity index (χ0v) is 13.5. The van der Waals surface area contributed by atoms with Gasteiger partial charge in [-0.25, -0.2) is 18.3 Å². The van der Waals surface area contributed by atoms with Crippen LogP contribution in [0.25, 0.3) is 0 Å². The molecular formula is C17H12ClF2N3O2. The monoisotopic (exact) mass is 363 g/mol. The van der Waals surface area contributed by atoms with Gasteiger partial charge in [0.15, 0.2) is 0 Å². The van der Waals surface area contributed by atoms with Crippen molar-refractivity contribution in [2.75, 3.05) is 0 Å². The summed E-state index contributed by atoms with van der Waals surface area (Å²) in [5.41, 5.74) is -0.831. The third kappa shape index (κ3) is 2.65. The smallest absolute Gasteiger partial charge is 0.343 e. The summed E-state index contributed by atoms with van der Waals surface area (Å²) in [5, 5.41) is 4.37. The number of halogens is 3. The van der Waals surface area contributed by atoms with Gasteiger partial charge < -0.3 is 4.74 Å². The normalized spacial score (nSPS) is 22.1. The molecule has 2 unspecified atom stereocenters. The molecule has 1 fully saturated rings. The van der Waals surface area contributed by atoms with E-state index in [1.807, 2.05) is 0 Å². The Morgan fingerprint density at radius 2 is 2.08 bits per heavy atom. The molecule has 128 valence electrons. The van der Waals surface area contributed by atoms with Gasteiger partial charge in [0.25, 0.3) is 0 Å². The van der Waals surface area contributed by atoms with Crippen LogP contribution in [0.4, 0.5) is 8.78 Å². The molecule has 0 spiro atoms. The van der Waals surface area contributed by atoms with Crippen molar-refractivity contribution in [3.05, 3.63) is 87.1 Å². The maximum atomic E-state index is 14.4. The molecule has 3 aromatic rings. The molecule has 0 radical (unpaired) electrons. The Bertz CT molecular complexity index is 1000. The first-order chi connectivity index (χ1) is 12.0. The number of aromatic amines is 1. The van der Waals surface area contributed by atoms with Gasteiger partial charge in [-0.2, -0.15) is 5.10 Å². The summed E-state index contributed by atoms with van der Waals surface area (Å²) in [6, 6.07) is 10.3. The summed E-state index contributed by atoms with van der Waals surface area (Å²) < 4.78 is 34.7. The van der Waals surface area contributed by atoms with Gasteiger partial charge in [-0.05, 0) is 12.1 Å². The van der Waals surface area contributed by atoms with Gasteiger partial charge >= 0.3 is 5.69 Å². The summed E-state index contributed by atoms with van der Waals surface area (Å²) in [5.74, 6) is -1.44. The average Bonchev–Trinajstić information content (AvgIpc) is 3.14. The van der Waals surface area contributed by atoms with Gasteiger partial charge in [0.1, 0.15) is 29.7 Å². The molecular weight excluding hydrogens is 352 g/mol. The Morgan fingerprint density at radius 1 is 1.28 bits per heavy atom. The third-order valence-electron chi connectivity index (χ3n) is 4.27. The molecule has 1 aromatic heterocycles. The van der Waals surface area contributed by atoms with Crippen molar-refractivity contribution >= 4 is 11.6 Å². The predicted octanol–water partition coefficient (Wildman–Crippen LogP) is 3.17. The summed E-state index contributed by atoms with van der Waals surface area (Å²) >= 11 is 6.23. The van der Waals surface area contributed by atoms with Gasteiger partial charge in [0.2, 0.25) is 0 Å². The molecule has 5 nitrogen and oxygen atoms in total. The van der Waals surface area contributed by atoms with E-state index in [1.54, 1.807) is 24.3 Å². The average molecular weight is 364 g/mol. The number of hydrogen-bond donors (Lipinski definition) is 1. The fourth-order valence-corrected chi connectivity index (χ4v) is 3.27. The Balaban J connectivity index is 1.82. The molecule has 4 rings (SSSR count). The fraction of sp³-hybridized carbons (Fsp3) is 0.176. The van der Waals surface area contributed by atoms with Crippen LogP contribution < -0.4 is 5.69 Å². The predicted molar refractivity (Wildman–Crippen MR) is 86.2 cm³/mol. The van der Waals surface area contributed by atoms with Crippen LogP contribution in [0.5, 0.6) is 0 Å². The number of hydrogen-bond acceptors (Lipinski definition) is 3. The highest BCUT2D eigenvalue weighted by Crippen LogP contribution is 2.59. The Kier molecular flexibility index (Phi) is 3.70. The van der Waals surface area contributed by atoms with E-state index in [4.69, 9.17) is 16.3 Å². The minimum atomic E-state index is -1.19. The molecule has 8 heteroatoms. The SMILES string of the molecule is O=c1[nH]cnn1CC1(c2ccc(F)cc2F)OC1c1ccccc1Cl. The Morgan fingerprint density at radius 3 is 2.76 bits per heavy atom. The van der Waals surface area contributed by atoms with E-state index in [9.17, 15) is 13.6 Å². The third-order valence-corrected chi connectivity index (χ3v) is 4.62. The minimum absolute atomic E-state index is 0.0340. The van der Waals surface area contributed by atoms with Crippen molar-refractivity contribution in [1.29, 1.82) is 0 Å². The molecule has 1 aliphatic heterocycles. The molecule has 2 atom stereocenters. The van der Waals surface area contributed by atoms with Crippen LogP contribution in [0.15, 0.2) is 53.6 Å². The van der Waals surface area contributed by atoms with Gasteiger partial charge in [-0.1, -0.05) is 35.9 Å². The van der Waals surface area contributed by atoms with E-state index < -0.39 is 29.0 Å². The first kappa shape index (κ1) is 16.0. The molecule has 0 bridgehead atoms. The second-order valence-corrected chi connectivity index (χ2v) is 6.19. The number of ether oxygens (including phenoxy) is 1. The van der Waals surface area contributed by atoms with Crippen molar-refractivity contribution in [3.8, 4) is 0 Å². The number of aromatic nitrogens is 3. The number of epoxide rings is 1. The summed E-state index contributed by atoms with van der Waals surface area (Å²) in [6.07, 6.45) is 0.661. The highest BCUT2D eigenvalue weighted by molar-refractivity contribution is 6.31. The van der Waals surface area contributed by atoms with Crippen molar-refractivity contribution in [1.82, 2.24) is 14.8 Å². The van der Waals surface area contributed by atoms with Crippen LogP contribution in [-0.4, -0.2) is 14.8 Å². The molecule has 0 saturated carbocycles. The van der Waals surface area contributed by atoms with E-state index in [1.165, 1.54) is 12.4 Å². The molecule has 25 heavy (non-hydrogen) atoms. The van der Waals surface area contributed by atoms with Crippen LogP contribution in [-0.2, 0) is 16.9 Å². The molecule has 0 amide bonds. The zero-order chi connectivity index (χ0) is 17.6. The Hall–Kier alpha value is -2.51. The second kappa shape index (κ2) is 5.79. The zero-order valence-electron chi connectivity index (χ0n) is 12.7. The van der Waals surface area contributed by atoms with Crippen LogP contribution in [0, 0.1) is 11.6 Å². The van der Waals surface area contributed by atoms with E-state index >= 15 is 0 Å². The number of rotatable bonds is 4. The maximum Gasteiger partial charge on any atom is 0.343 e. The fourth-order valence-electron chi connectivity index (χ4n) is 3.04. The second-order valence-electron chi connectivity index (χ2n) is 5.78. The standard InChI is InChI=1S/C17H12ClF2N3O2/c18-13-4-2-1-3-11(13)15-17(25-15,8-23-16(24)21-9-22-23)12-6-5-10(19)7-14(12)20/h1-7,9,15H,8H2,(H,21,22,24). The summed E-state index contributed by atoms with van der Waals surface area (Å²) in [6.45, 7) is -0.0340. The molecule has 2 aromatic carbocycles. The topological polar surface area (TPSA) is 63.2 Å². The van der Waals surface area contributed by atoms with Gasteiger partial charge in [0, 0.05) is 22.2 Å². The lowest BCUT2D eigenvalue weighted by molar-refractivity contribution is 0.254. The van der Waals surface area contributed by atoms with Crippen LogP contribution in [0.3, 0.4) is 0 Å². The van der Waals surface area contributed by atoms with E-state index in [-0.39, 0.29) is 12.1 Å². The largest absolute Gasteiger partial charge is 0.354 e. The van der Waals surface area contributed by atoms with Gasteiger partial charge in [-0.3, -0.25) is 4.98 Å². The van der Waals surface area contributed by atoms with E-state index in [2.05, 4.69) is 10.1 Å². The molecule has 2 heterocycles. The number of nitrogens with zero attached hydrogens (tertiary/aromatic N) is 2. The van der Waals surface area contributed by atoms with Gasteiger partial charge in [0.05, 0.1) is 6.54 Å². The number of nitrogens with one attached hydrogen (secondary N) is 1. The van der Waals surface area contributed by atoms with E-state index in [0.29, 0.717) is 10.6 Å². The Labute approximate surface area is 145 Å². The van der Waals surface area contributed by atoms with Crippen molar-refractivity contribution in [2.45, 2.75) is 18.2 Å². The van der Waals surface area contributed by atoms with Gasteiger partial charge in [-0.15, -0.1) is 0 Å². The lowest BCUT2D eigenvalue weighted by atomic mass is 9.91. The number of benzene rings is 2. The summed E-state index contributed by atoms with van der Waals surface area (Å²) in [7, 11) is 0. The first-order valence-corrected chi connectivity index (χ1v) is 7.87. The van der Waals surface area contributed by atoms with Crippen molar-refractivity contribution in [2.24, 2.45) is 0 Å². The molecule has 1 aliphatic rings. The van der Waals surface area contributed by atoms with Crippen molar-refractivity contribution in [3.63, 3.8) is 0 Å². The van der Waals surface area contributed by atoms with Crippen LogP contribution in [0.1, 0.15) is 17.2 Å². The molecule has 1 saturated heterocycles. The van der Waals surface area contributed by atoms with Crippen LogP contribution >= 0.6 is 11.6 Å². The van der Waals surface area contributed by atoms with Crippen LogP contribution in [0.2, 0.25) is 5.02 Å². The summed E-state index contributed by atoms with van der Waals surface area (Å²) in [4.78, 5) is 14.2. The highest BCUT2D eigenvalue weighted by Gasteiger charge is 2.61. The van der Waals surface area contributed by atoms with E-state index in [0.717, 1.165) is 16.8 Å². The highest BCUT2D eigenvalue weighted by atomic mass is 35.5. The first-order valence-electron chi connectivity index (χ1n) is 7.49. The lowest BCUT2D eigenvalue weighted by Gasteiger charge is -2.15. The quantitative estimate of drug-likeness (QED) is 0.724. The maximum absolute atomic E-state index is 14.4. The number of H-pyrrole nitrogens is 1. The molecule has 1 N–H and O–H groups in total.